The van der Waals surface area contributed by atoms with Crippen molar-refractivity contribution in [1.82, 2.24) is 52.3 Å². The van der Waals surface area contributed by atoms with Crippen molar-refractivity contribution in [2.75, 3.05) is 65.4 Å². The van der Waals surface area contributed by atoms with Gasteiger partial charge >= 0.3 is 0 Å². The van der Waals surface area contributed by atoms with Gasteiger partial charge in [0.2, 0.25) is 59.1 Å². The van der Waals surface area contributed by atoms with E-state index in [4.69, 9.17) is 22.9 Å². The third kappa shape index (κ3) is 18.4. The summed E-state index contributed by atoms with van der Waals surface area (Å²) in [6.07, 6.45) is 6.18. The average molecular weight is 935 g/mol. The summed E-state index contributed by atoms with van der Waals surface area (Å²) < 4.78 is 0. The van der Waals surface area contributed by atoms with Crippen LogP contribution >= 0.6 is 0 Å². The molecule has 3 aliphatic rings. The zero-order valence-electron chi connectivity index (χ0n) is 38.1. The van der Waals surface area contributed by atoms with Crippen molar-refractivity contribution in [3.63, 3.8) is 0 Å². The quantitative estimate of drug-likeness (QED) is 0.0645. The van der Waals surface area contributed by atoms with E-state index in [1.54, 1.807) is 0 Å². The van der Waals surface area contributed by atoms with E-state index in [-0.39, 0.29) is 51.6 Å². The fourth-order valence-corrected chi connectivity index (χ4v) is 8.16. The first-order valence-electron chi connectivity index (χ1n) is 23.4. The first-order valence-corrected chi connectivity index (χ1v) is 23.4. The molecule has 3 rings (SSSR count). The summed E-state index contributed by atoms with van der Waals surface area (Å²) >= 11 is 0. The summed E-state index contributed by atoms with van der Waals surface area (Å²) in [4.78, 5) is 137. The van der Waals surface area contributed by atoms with Gasteiger partial charge in [0, 0.05) is 13.1 Å². The van der Waals surface area contributed by atoms with Gasteiger partial charge in [-0.05, 0) is 129 Å². The molecule has 16 N–H and O–H groups in total. The summed E-state index contributed by atoms with van der Waals surface area (Å²) in [6, 6.07) is -6.32. The second-order valence-corrected chi connectivity index (χ2v) is 16.9. The molecule has 0 unspecified atom stereocenters. The van der Waals surface area contributed by atoms with Crippen LogP contribution in [0.1, 0.15) is 103 Å². The van der Waals surface area contributed by atoms with Crippen molar-refractivity contribution in [2.24, 2.45) is 22.9 Å². The first-order chi connectivity index (χ1) is 31.7. The van der Waals surface area contributed by atoms with Crippen molar-refractivity contribution in [1.29, 1.82) is 0 Å². The Bertz CT molecular complexity index is 1550. The minimum absolute atomic E-state index is 0.159. The lowest BCUT2D eigenvalue weighted by Crippen LogP contribution is -2.57. The molecule has 0 aromatic heterocycles. The molecule has 3 aliphatic heterocycles. The van der Waals surface area contributed by atoms with E-state index in [0.29, 0.717) is 90.4 Å². The number of amides is 10. The van der Waals surface area contributed by atoms with E-state index in [2.05, 4.69) is 42.5 Å². The number of carbonyl (C=O) groups excluding carboxylic acids is 10. The summed E-state index contributed by atoms with van der Waals surface area (Å²) in [7, 11) is 0. The molecule has 3 heterocycles. The lowest BCUT2D eigenvalue weighted by atomic mass is 10.1. The van der Waals surface area contributed by atoms with Gasteiger partial charge in [-0.1, -0.05) is 0 Å². The monoisotopic (exact) mass is 935 g/mol. The fourth-order valence-electron chi connectivity index (χ4n) is 8.16. The molecule has 0 spiro atoms. The van der Waals surface area contributed by atoms with Gasteiger partial charge < -0.3 is 75.3 Å². The smallest absolute Gasteiger partial charge is 0.245 e. The van der Waals surface area contributed by atoms with E-state index >= 15 is 0 Å². The number of fused-ring (bicyclic) bond motifs is 2. The summed E-state index contributed by atoms with van der Waals surface area (Å²) in [5.41, 5.74) is 22.7. The Kier molecular flexibility index (Phi) is 24.9. The Morgan fingerprint density at radius 2 is 0.652 bits per heavy atom. The lowest BCUT2D eigenvalue weighted by Gasteiger charge is -2.29. The van der Waals surface area contributed by atoms with Crippen molar-refractivity contribution >= 4 is 59.1 Å². The van der Waals surface area contributed by atoms with E-state index in [9.17, 15) is 47.9 Å². The zero-order valence-corrected chi connectivity index (χ0v) is 38.1. The molecule has 24 heteroatoms. The third-order valence-electron chi connectivity index (χ3n) is 11.7. The number of unbranched alkanes of at least 4 members (excludes halogenated alkanes) is 4. The van der Waals surface area contributed by atoms with Crippen LogP contribution in [0.2, 0.25) is 0 Å². The molecule has 6 atom stereocenters. The molecule has 0 saturated carbocycles. The first kappa shape index (κ1) is 54.9. The maximum Gasteiger partial charge on any atom is 0.245 e. The third-order valence-corrected chi connectivity index (χ3v) is 11.7. The highest BCUT2D eigenvalue weighted by Crippen LogP contribution is 2.21. The second kappa shape index (κ2) is 29.9. The maximum atomic E-state index is 14.0. The average Bonchev–Trinajstić information content (AvgIpc) is 4.01. The molecule has 3 saturated heterocycles. The SMILES string of the molecule is NCCCC[C@@H]1NC(=O)CNC(=O)[C@@H]2CCCN2C(=O)[C@H](CCCCN)NC(=O)CNC(=O)[C@H](CCCCN)NC(=O)CNC(=O)[C@@H]2CCCN2C(=O)[C@H](CCCCN)NC(=O)CNC1=O. The molecule has 10 amide bonds. The van der Waals surface area contributed by atoms with E-state index < -0.39 is 122 Å². The second-order valence-electron chi connectivity index (χ2n) is 16.9. The molecule has 3 fully saturated rings. The number of hydrogen-bond acceptors (Lipinski definition) is 14. The van der Waals surface area contributed by atoms with Gasteiger partial charge in [0.1, 0.15) is 36.3 Å². The fraction of sp³-hybridized carbons (Fsp3) is 0.762. The standard InChI is InChI=1S/C42H74N14O10/c43-17-5-1-11-27-37(61)47-23-35(59)53-29(13-3-7-19-45)41(65)56-22-10-16-32(56)40(64)50-26-34(58)52-28(12-2-6-18-44)38(62)48-24-36(60)54-30(14-4-8-20-46)42(66)55-21-9-15-31(55)39(63)49-25-33(57)51-27/h27-32H,1-26,43-46H2,(H,47,61)(H,48,62)(H,49,63)(H,50,64)(H,51,57)(H,52,58)(H,53,59)(H,54,60)/t27-,28-,29-,30-,31-,32-/m0/s1. The maximum absolute atomic E-state index is 14.0. The van der Waals surface area contributed by atoms with Crippen molar-refractivity contribution in [2.45, 2.75) is 139 Å². The number of rotatable bonds is 16. The highest BCUT2D eigenvalue weighted by Gasteiger charge is 2.39. The van der Waals surface area contributed by atoms with Gasteiger partial charge in [-0.2, -0.15) is 0 Å². The topological polar surface area (TPSA) is 377 Å². The van der Waals surface area contributed by atoms with Crippen LogP contribution < -0.4 is 65.5 Å². The minimum atomic E-state index is -1.11. The van der Waals surface area contributed by atoms with Crippen molar-refractivity contribution < 1.29 is 47.9 Å². The molecule has 66 heavy (non-hydrogen) atoms. The predicted molar refractivity (Wildman–Crippen MR) is 241 cm³/mol. The minimum Gasteiger partial charge on any atom is -0.345 e. The number of nitrogens with zero attached hydrogens (tertiary/aromatic N) is 2. The van der Waals surface area contributed by atoms with Crippen LogP contribution in [0.25, 0.3) is 0 Å². The molecule has 372 valence electrons. The molecule has 0 aliphatic carbocycles. The van der Waals surface area contributed by atoms with Gasteiger partial charge in [-0.25, -0.2) is 0 Å². The highest BCUT2D eigenvalue weighted by molar-refractivity contribution is 5.98. The largest absolute Gasteiger partial charge is 0.345 e. The van der Waals surface area contributed by atoms with Gasteiger partial charge in [0.25, 0.3) is 0 Å². The summed E-state index contributed by atoms with van der Waals surface area (Å²) in [5, 5.41) is 20.7. The Hall–Kier alpha value is -5.46. The van der Waals surface area contributed by atoms with Gasteiger partial charge in [0.15, 0.2) is 0 Å². The highest BCUT2D eigenvalue weighted by atomic mass is 16.2. The molecular formula is C42H74N14O10. The molecule has 0 radical (unpaired) electrons. The normalized spacial score (nSPS) is 25.3. The van der Waals surface area contributed by atoms with Crippen LogP contribution in [-0.2, 0) is 47.9 Å². The van der Waals surface area contributed by atoms with Gasteiger partial charge in [0.05, 0.1) is 26.2 Å². The molecule has 0 bridgehead atoms. The zero-order chi connectivity index (χ0) is 48.4. The van der Waals surface area contributed by atoms with E-state index in [0.717, 1.165) is 0 Å². The molecule has 24 nitrogen and oxygen atoms in total. The number of hydrogen-bond donors (Lipinski definition) is 12. The van der Waals surface area contributed by atoms with E-state index in [1.165, 1.54) is 9.80 Å². The molecule has 0 aromatic carbocycles. The van der Waals surface area contributed by atoms with Gasteiger partial charge in [-0.15, -0.1) is 0 Å². The molecular weight excluding hydrogens is 861 g/mol. The van der Waals surface area contributed by atoms with Crippen LogP contribution in [0.3, 0.4) is 0 Å². The Balaban J connectivity index is 1.90. The number of nitrogens with one attached hydrogen (secondary N) is 8. The van der Waals surface area contributed by atoms with Crippen LogP contribution in [0, 0.1) is 0 Å². The predicted octanol–water partition coefficient (Wildman–Crippen LogP) is -5.10. The van der Waals surface area contributed by atoms with Crippen LogP contribution in [0.4, 0.5) is 0 Å². The van der Waals surface area contributed by atoms with Gasteiger partial charge in [-0.3, -0.25) is 47.9 Å². The Labute approximate surface area is 386 Å². The number of nitrogens with two attached hydrogens (primary N) is 4. The summed E-state index contributed by atoms with van der Waals surface area (Å²) in [6.45, 7) is -0.447. The summed E-state index contributed by atoms with van der Waals surface area (Å²) in [5.74, 6) is -6.50. The Morgan fingerprint density at radius 1 is 0.379 bits per heavy atom. The van der Waals surface area contributed by atoms with E-state index in [1.807, 2.05) is 0 Å². The van der Waals surface area contributed by atoms with Crippen LogP contribution in [0.15, 0.2) is 0 Å². The Morgan fingerprint density at radius 3 is 0.955 bits per heavy atom. The van der Waals surface area contributed by atoms with Crippen molar-refractivity contribution in [3.8, 4) is 0 Å². The van der Waals surface area contributed by atoms with Crippen LogP contribution in [-0.4, -0.2) is 171 Å². The van der Waals surface area contributed by atoms with Crippen LogP contribution in [0.5, 0.6) is 0 Å². The molecule has 0 aromatic rings. The van der Waals surface area contributed by atoms with Crippen molar-refractivity contribution in [3.05, 3.63) is 0 Å². The number of carbonyl (C=O) groups is 10. The lowest BCUT2D eigenvalue weighted by molar-refractivity contribution is -0.142.